The molecule has 0 fully saturated rings. The molecule has 0 spiro atoms. The van der Waals surface area contributed by atoms with E-state index < -0.39 is 0 Å². The zero-order valence-electron chi connectivity index (χ0n) is 11.5. The summed E-state index contributed by atoms with van der Waals surface area (Å²) in [7, 11) is 0. The van der Waals surface area contributed by atoms with E-state index in [-0.39, 0.29) is 11.9 Å². The number of aryl methyl sites for hydroxylation is 1. The van der Waals surface area contributed by atoms with Crippen LogP contribution in [-0.4, -0.2) is 5.91 Å². The predicted molar refractivity (Wildman–Crippen MR) is 85.6 cm³/mol. The second-order valence-corrected chi connectivity index (χ2v) is 5.75. The van der Waals surface area contributed by atoms with E-state index >= 15 is 0 Å². The first-order chi connectivity index (χ1) is 9.47. The number of carbonyl (C=O) groups excluding carboxylic acids is 1. The SMILES string of the molecule is Cc1ccc(C(=O)NC(C)c2ccc(Br)cc2)c(N)c1. The molecule has 0 aliphatic rings. The molecule has 1 atom stereocenters. The number of anilines is 1. The second-order valence-electron chi connectivity index (χ2n) is 4.84. The van der Waals surface area contributed by atoms with Crippen LogP contribution in [0.2, 0.25) is 0 Å². The average molecular weight is 333 g/mol. The molecule has 2 aromatic carbocycles. The minimum atomic E-state index is -0.155. The van der Waals surface area contributed by atoms with Crippen molar-refractivity contribution < 1.29 is 4.79 Å². The molecule has 1 amide bonds. The molecule has 20 heavy (non-hydrogen) atoms. The fourth-order valence-corrected chi connectivity index (χ4v) is 2.26. The average Bonchev–Trinajstić information content (AvgIpc) is 2.39. The summed E-state index contributed by atoms with van der Waals surface area (Å²) in [5.74, 6) is -0.155. The first kappa shape index (κ1) is 14.6. The fourth-order valence-electron chi connectivity index (χ4n) is 2.00. The number of nitrogens with one attached hydrogen (secondary N) is 1. The minimum Gasteiger partial charge on any atom is -0.398 e. The first-order valence-corrected chi connectivity index (χ1v) is 7.19. The summed E-state index contributed by atoms with van der Waals surface area (Å²) in [5, 5.41) is 2.96. The highest BCUT2D eigenvalue weighted by molar-refractivity contribution is 9.10. The number of hydrogen-bond donors (Lipinski definition) is 2. The summed E-state index contributed by atoms with van der Waals surface area (Å²) in [6.45, 7) is 3.90. The van der Waals surface area contributed by atoms with Crippen molar-refractivity contribution in [1.29, 1.82) is 0 Å². The Morgan fingerprint density at radius 1 is 1.20 bits per heavy atom. The lowest BCUT2D eigenvalue weighted by Crippen LogP contribution is -2.27. The van der Waals surface area contributed by atoms with Crippen molar-refractivity contribution in [2.24, 2.45) is 0 Å². The lowest BCUT2D eigenvalue weighted by atomic mass is 10.1. The number of halogens is 1. The highest BCUT2D eigenvalue weighted by atomic mass is 79.9. The molecule has 0 radical (unpaired) electrons. The molecule has 3 N–H and O–H groups in total. The van der Waals surface area contributed by atoms with Crippen molar-refractivity contribution in [3.63, 3.8) is 0 Å². The van der Waals surface area contributed by atoms with Gasteiger partial charge in [0.25, 0.3) is 5.91 Å². The van der Waals surface area contributed by atoms with Gasteiger partial charge in [-0.05, 0) is 49.2 Å². The Kier molecular flexibility index (Phi) is 4.45. The van der Waals surface area contributed by atoms with E-state index in [9.17, 15) is 4.79 Å². The maximum atomic E-state index is 12.2. The normalized spacial score (nSPS) is 11.9. The molecular weight excluding hydrogens is 316 g/mol. The summed E-state index contributed by atoms with van der Waals surface area (Å²) in [6, 6.07) is 13.2. The third kappa shape index (κ3) is 3.39. The van der Waals surface area contributed by atoms with Crippen molar-refractivity contribution in [2.45, 2.75) is 19.9 Å². The van der Waals surface area contributed by atoms with Gasteiger partial charge in [0.05, 0.1) is 11.6 Å². The van der Waals surface area contributed by atoms with Crippen LogP contribution in [0.25, 0.3) is 0 Å². The molecule has 0 heterocycles. The summed E-state index contributed by atoms with van der Waals surface area (Å²) < 4.78 is 1.02. The van der Waals surface area contributed by atoms with Gasteiger partial charge in [0.15, 0.2) is 0 Å². The van der Waals surface area contributed by atoms with Crippen molar-refractivity contribution in [3.8, 4) is 0 Å². The number of carbonyl (C=O) groups is 1. The lowest BCUT2D eigenvalue weighted by Gasteiger charge is -2.15. The van der Waals surface area contributed by atoms with Crippen LogP contribution in [0.5, 0.6) is 0 Å². The quantitative estimate of drug-likeness (QED) is 0.839. The largest absolute Gasteiger partial charge is 0.398 e. The number of benzene rings is 2. The second kappa shape index (κ2) is 6.09. The molecule has 0 aliphatic heterocycles. The van der Waals surface area contributed by atoms with Gasteiger partial charge in [0, 0.05) is 10.2 Å². The van der Waals surface area contributed by atoms with Crippen LogP contribution in [0, 0.1) is 6.92 Å². The Bertz CT molecular complexity index is 623. The molecule has 0 bridgehead atoms. The number of nitrogens with two attached hydrogens (primary N) is 1. The molecule has 4 heteroatoms. The molecule has 1 unspecified atom stereocenters. The molecule has 2 rings (SSSR count). The van der Waals surface area contributed by atoms with Crippen LogP contribution in [0.4, 0.5) is 5.69 Å². The zero-order valence-corrected chi connectivity index (χ0v) is 13.1. The molecule has 0 saturated heterocycles. The number of hydrogen-bond acceptors (Lipinski definition) is 2. The van der Waals surface area contributed by atoms with Gasteiger partial charge in [-0.1, -0.05) is 34.1 Å². The third-order valence-corrected chi connectivity index (χ3v) is 3.70. The van der Waals surface area contributed by atoms with E-state index in [4.69, 9.17) is 5.73 Å². The van der Waals surface area contributed by atoms with E-state index in [0.29, 0.717) is 11.3 Å². The Labute approximate surface area is 127 Å². The van der Waals surface area contributed by atoms with Crippen LogP contribution in [0.3, 0.4) is 0 Å². The highest BCUT2D eigenvalue weighted by Gasteiger charge is 2.13. The topological polar surface area (TPSA) is 55.1 Å². The summed E-state index contributed by atoms with van der Waals surface area (Å²) in [4.78, 5) is 12.2. The van der Waals surface area contributed by atoms with Crippen molar-refractivity contribution >= 4 is 27.5 Å². The molecule has 0 aliphatic carbocycles. The van der Waals surface area contributed by atoms with E-state index in [1.807, 2.05) is 44.2 Å². The predicted octanol–water partition coefficient (Wildman–Crippen LogP) is 3.83. The minimum absolute atomic E-state index is 0.0729. The van der Waals surface area contributed by atoms with E-state index in [1.165, 1.54) is 0 Å². The van der Waals surface area contributed by atoms with Gasteiger partial charge in [-0.3, -0.25) is 4.79 Å². The third-order valence-electron chi connectivity index (χ3n) is 3.17. The van der Waals surface area contributed by atoms with Crippen LogP contribution < -0.4 is 11.1 Å². The van der Waals surface area contributed by atoms with Gasteiger partial charge in [0.2, 0.25) is 0 Å². The lowest BCUT2D eigenvalue weighted by molar-refractivity contribution is 0.0941. The molecule has 0 saturated carbocycles. The molecule has 104 valence electrons. The zero-order chi connectivity index (χ0) is 14.7. The van der Waals surface area contributed by atoms with Gasteiger partial charge in [0.1, 0.15) is 0 Å². The van der Waals surface area contributed by atoms with E-state index in [0.717, 1.165) is 15.6 Å². The summed E-state index contributed by atoms with van der Waals surface area (Å²) >= 11 is 3.39. The van der Waals surface area contributed by atoms with Gasteiger partial charge < -0.3 is 11.1 Å². The van der Waals surface area contributed by atoms with Crippen molar-refractivity contribution in [2.75, 3.05) is 5.73 Å². The molecule has 2 aromatic rings. The smallest absolute Gasteiger partial charge is 0.253 e. The number of nitrogen functional groups attached to an aromatic ring is 1. The molecular formula is C16H17BrN2O. The Hall–Kier alpha value is -1.81. The molecule has 0 aromatic heterocycles. The van der Waals surface area contributed by atoms with E-state index in [2.05, 4.69) is 21.2 Å². The van der Waals surface area contributed by atoms with Gasteiger partial charge >= 0.3 is 0 Å². The summed E-state index contributed by atoms with van der Waals surface area (Å²) in [5.41, 5.74) is 9.00. The van der Waals surface area contributed by atoms with Gasteiger partial charge in [-0.25, -0.2) is 0 Å². The maximum Gasteiger partial charge on any atom is 0.253 e. The Morgan fingerprint density at radius 3 is 2.45 bits per heavy atom. The Morgan fingerprint density at radius 2 is 1.85 bits per heavy atom. The van der Waals surface area contributed by atoms with Crippen molar-refractivity contribution in [1.82, 2.24) is 5.32 Å². The maximum absolute atomic E-state index is 12.2. The number of amides is 1. The van der Waals surface area contributed by atoms with Crippen LogP contribution in [0.15, 0.2) is 46.9 Å². The van der Waals surface area contributed by atoms with Crippen LogP contribution >= 0.6 is 15.9 Å². The standard InChI is InChI=1S/C16H17BrN2O/c1-10-3-8-14(15(18)9-10)16(20)19-11(2)12-4-6-13(17)7-5-12/h3-9,11H,18H2,1-2H3,(H,19,20). The van der Waals surface area contributed by atoms with E-state index in [1.54, 1.807) is 12.1 Å². The van der Waals surface area contributed by atoms with Gasteiger partial charge in [-0.2, -0.15) is 0 Å². The van der Waals surface area contributed by atoms with Crippen LogP contribution in [-0.2, 0) is 0 Å². The van der Waals surface area contributed by atoms with Crippen molar-refractivity contribution in [3.05, 3.63) is 63.6 Å². The van der Waals surface area contributed by atoms with Crippen LogP contribution in [0.1, 0.15) is 34.5 Å². The first-order valence-electron chi connectivity index (χ1n) is 6.40. The summed E-state index contributed by atoms with van der Waals surface area (Å²) in [6.07, 6.45) is 0. The Balaban J connectivity index is 2.13. The fraction of sp³-hybridized carbons (Fsp3) is 0.188. The highest BCUT2D eigenvalue weighted by Crippen LogP contribution is 2.19. The van der Waals surface area contributed by atoms with Gasteiger partial charge in [-0.15, -0.1) is 0 Å². The monoisotopic (exact) mass is 332 g/mol. The molecule has 3 nitrogen and oxygen atoms in total. The number of rotatable bonds is 3.